The van der Waals surface area contributed by atoms with Crippen molar-refractivity contribution in [3.05, 3.63) is 16.9 Å². The molecule has 0 aromatic carbocycles. The Bertz CT molecular complexity index is 480. The maximum atomic E-state index is 4.98. The average Bonchev–Trinajstić information content (AvgIpc) is 2.73. The molecular weight excluding hydrogens is 202 g/mol. The van der Waals surface area contributed by atoms with Crippen LogP contribution in [0.1, 0.15) is 18.8 Å². The van der Waals surface area contributed by atoms with Crippen LogP contribution in [0.5, 0.6) is 0 Å². The minimum Gasteiger partial charge on any atom is -0.319 e. The van der Waals surface area contributed by atoms with Gasteiger partial charge in [-0.15, -0.1) is 10.2 Å². The van der Waals surface area contributed by atoms with Gasteiger partial charge < -0.3 is 4.57 Å². The normalized spacial score (nSPS) is 13.0. The molecule has 0 saturated heterocycles. The molecule has 2 rings (SSSR count). The zero-order valence-electron chi connectivity index (χ0n) is 7.75. The SMILES string of the molecule is CC(c1nncn1C)n1[nH]nnc1=S. The number of rotatable bonds is 2. The Morgan fingerprint density at radius 2 is 2.29 bits per heavy atom. The quantitative estimate of drug-likeness (QED) is 0.711. The van der Waals surface area contributed by atoms with Gasteiger partial charge in [0, 0.05) is 7.05 Å². The maximum absolute atomic E-state index is 4.98. The van der Waals surface area contributed by atoms with Gasteiger partial charge in [0.05, 0.1) is 0 Å². The van der Waals surface area contributed by atoms with Crippen molar-refractivity contribution < 1.29 is 0 Å². The van der Waals surface area contributed by atoms with E-state index in [9.17, 15) is 0 Å². The molecule has 2 aromatic rings. The fourth-order valence-electron chi connectivity index (χ4n) is 1.24. The fraction of sp³-hybridized carbons (Fsp3) is 0.500. The second-order valence-electron chi connectivity index (χ2n) is 2.93. The molecule has 0 spiro atoms. The Labute approximate surface area is 84.8 Å². The Morgan fingerprint density at radius 3 is 2.79 bits per heavy atom. The number of aromatic amines is 1. The molecule has 0 radical (unpaired) electrons. The lowest BCUT2D eigenvalue weighted by Crippen LogP contribution is -2.13. The van der Waals surface area contributed by atoms with Crippen molar-refractivity contribution >= 4 is 12.2 Å². The summed E-state index contributed by atoms with van der Waals surface area (Å²) >= 11 is 4.98. The van der Waals surface area contributed by atoms with Gasteiger partial charge in [0.25, 0.3) is 0 Å². The highest BCUT2D eigenvalue weighted by molar-refractivity contribution is 7.71. The molecule has 8 heteroatoms. The summed E-state index contributed by atoms with van der Waals surface area (Å²) in [4.78, 5) is 0. The van der Waals surface area contributed by atoms with E-state index in [-0.39, 0.29) is 6.04 Å². The van der Waals surface area contributed by atoms with E-state index in [2.05, 4.69) is 25.7 Å². The van der Waals surface area contributed by atoms with Crippen molar-refractivity contribution in [3.63, 3.8) is 0 Å². The van der Waals surface area contributed by atoms with Gasteiger partial charge >= 0.3 is 0 Å². The molecule has 1 unspecified atom stereocenters. The summed E-state index contributed by atoms with van der Waals surface area (Å²) in [5.74, 6) is 0.798. The van der Waals surface area contributed by atoms with Crippen molar-refractivity contribution in [3.8, 4) is 0 Å². The molecule has 7 nitrogen and oxygen atoms in total. The predicted octanol–water partition coefficient (Wildman–Crippen LogP) is 0.0735. The van der Waals surface area contributed by atoms with Gasteiger partial charge in [-0.2, -0.15) is 5.21 Å². The summed E-state index contributed by atoms with van der Waals surface area (Å²) < 4.78 is 3.88. The molecule has 1 atom stereocenters. The largest absolute Gasteiger partial charge is 0.319 e. The third kappa shape index (κ3) is 1.33. The molecule has 0 amide bonds. The van der Waals surface area contributed by atoms with Crippen LogP contribution >= 0.6 is 12.2 Å². The molecule has 0 saturated carbocycles. The third-order valence-electron chi connectivity index (χ3n) is 2.00. The van der Waals surface area contributed by atoms with Gasteiger partial charge in [-0.25, -0.2) is 4.68 Å². The number of hydrogen-bond acceptors (Lipinski definition) is 5. The molecule has 0 aliphatic carbocycles. The Kier molecular flexibility index (Phi) is 2.12. The standard InChI is InChI=1S/C6H9N7S/c1-4(5-8-7-3-12(5)2)13-6(14)9-10-11-13/h3-4H,1-2H3,(H,9,11,14). The maximum Gasteiger partial charge on any atom is 0.238 e. The monoisotopic (exact) mass is 211 g/mol. The van der Waals surface area contributed by atoms with Gasteiger partial charge in [-0.05, 0) is 19.1 Å². The number of hydrogen-bond donors (Lipinski definition) is 1. The topological polar surface area (TPSA) is 77.2 Å². The van der Waals surface area contributed by atoms with Crippen molar-refractivity contribution in [1.82, 2.24) is 35.0 Å². The van der Waals surface area contributed by atoms with E-state index in [1.54, 1.807) is 11.0 Å². The summed E-state index contributed by atoms with van der Waals surface area (Å²) in [6, 6.07) is -0.0509. The Balaban J connectivity index is 2.43. The van der Waals surface area contributed by atoms with Gasteiger partial charge in [-0.3, -0.25) is 0 Å². The summed E-state index contributed by atoms with van der Waals surface area (Å²) in [6.45, 7) is 1.94. The average molecular weight is 211 g/mol. The zero-order chi connectivity index (χ0) is 10.1. The van der Waals surface area contributed by atoms with Crippen LogP contribution in [-0.4, -0.2) is 35.0 Å². The number of nitrogens with one attached hydrogen (secondary N) is 1. The highest BCUT2D eigenvalue weighted by Gasteiger charge is 2.14. The van der Waals surface area contributed by atoms with Gasteiger partial charge in [0.1, 0.15) is 12.4 Å². The van der Waals surface area contributed by atoms with Crippen LogP contribution in [0.15, 0.2) is 6.33 Å². The first kappa shape index (κ1) is 9.00. The van der Waals surface area contributed by atoms with Crippen molar-refractivity contribution in [2.75, 3.05) is 0 Å². The third-order valence-corrected chi connectivity index (χ3v) is 2.28. The molecule has 0 bridgehead atoms. The van der Waals surface area contributed by atoms with Gasteiger partial charge in [0.2, 0.25) is 4.77 Å². The number of nitrogens with zero attached hydrogens (tertiary/aromatic N) is 6. The first-order chi connectivity index (χ1) is 6.70. The van der Waals surface area contributed by atoms with Crippen LogP contribution in [0.3, 0.4) is 0 Å². The molecule has 1 N–H and O–H groups in total. The molecule has 2 aromatic heterocycles. The lowest BCUT2D eigenvalue weighted by molar-refractivity contribution is 0.498. The number of tetrazole rings is 1. The number of H-pyrrole nitrogens is 1. The summed E-state index contributed by atoms with van der Waals surface area (Å²) in [5.41, 5.74) is 0. The van der Waals surface area contributed by atoms with Gasteiger partial charge in [-0.1, -0.05) is 10.3 Å². The molecule has 2 heterocycles. The summed E-state index contributed by atoms with van der Waals surface area (Å²) in [7, 11) is 1.87. The molecule has 74 valence electrons. The van der Waals surface area contributed by atoms with E-state index < -0.39 is 0 Å². The van der Waals surface area contributed by atoms with E-state index >= 15 is 0 Å². The zero-order valence-corrected chi connectivity index (χ0v) is 8.56. The van der Waals surface area contributed by atoms with Crippen molar-refractivity contribution in [2.45, 2.75) is 13.0 Å². The lowest BCUT2D eigenvalue weighted by Gasteiger charge is -2.09. The summed E-state index contributed by atoms with van der Waals surface area (Å²) in [6.07, 6.45) is 1.64. The van der Waals surface area contributed by atoms with E-state index in [0.717, 1.165) is 5.82 Å². The predicted molar refractivity (Wildman–Crippen MR) is 50.0 cm³/mol. The van der Waals surface area contributed by atoms with Crippen LogP contribution in [0.25, 0.3) is 0 Å². The molecule has 14 heavy (non-hydrogen) atoms. The van der Waals surface area contributed by atoms with Crippen molar-refractivity contribution in [1.29, 1.82) is 0 Å². The minimum absolute atomic E-state index is 0.0509. The minimum atomic E-state index is -0.0509. The second-order valence-corrected chi connectivity index (χ2v) is 3.29. The smallest absolute Gasteiger partial charge is 0.238 e. The molecule has 0 aliphatic heterocycles. The van der Waals surface area contributed by atoms with Crippen molar-refractivity contribution in [2.24, 2.45) is 7.05 Å². The molecule has 0 aliphatic rings. The van der Waals surface area contributed by atoms with Gasteiger partial charge in [0.15, 0.2) is 5.82 Å². The second kappa shape index (κ2) is 3.29. The summed E-state index contributed by atoms with van der Waals surface area (Å²) in [5, 5.41) is 17.8. The van der Waals surface area contributed by atoms with Crippen LogP contribution in [0, 0.1) is 4.77 Å². The lowest BCUT2D eigenvalue weighted by atomic mass is 10.3. The molecular formula is C6H9N7S. The number of aromatic nitrogens is 7. The van der Waals surface area contributed by atoms with Crippen LogP contribution in [-0.2, 0) is 7.05 Å². The first-order valence-corrected chi connectivity index (χ1v) is 4.44. The fourth-order valence-corrected chi connectivity index (χ4v) is 1.48. The van der Waals surface area contributed by atoms with Crippen LogP contribution in [0.4, 0.5) is 0 Å². The molecule has 0 fully saturated rings. The number of aryl methyl sites for hydroxylation is 1. The van der Waals surface area contributed by atoms with E-state index in [1.165, 1.54) is 0 Å². The Morgan fingerprint density at radius 1 is 1.50 bits per heavy atom. The van der Waals surface area contributed by atoms with Crippen LogP contribution in [0.2, 0.25) is 0 Å². The van der Waals surface area contributed by atoms with Crippen LogP contribution < -0.4 is 0 Å². The van der Waals surface area contributed by atoms with E-state index in [1.807, 2.05) is 18.5 Å². The Hall–Kier alpha value is -1.57. The highest BCUT2D eigenvalue weighted by Crippen LogP contribution is 2.11. The van der Waals surface area contributed by atoms with E-state index in [4.69, 9.17) is 12.2 Å². The van der Waals surface area contributed by atoms with E-state index in [0.29, 0.717) is 4.77 Å². The highest BCUT2D eigenvalue weighted by atomic mass is 32.1. The first-order valence-electron chi connectivity index (χ1n) is 4.03.